The number of rotatable bonds is 2. The van der Waals surface area contributed by atoms with Gasteiger partial charge in [0.15, 0.2) is 0 Å². The van der Waals surface area contributed by atoms with E-state index in [1.165, 1.54) is 11.1 Å². The summed E-state index contributed by atoms with van der Waals surface area (Å²) in [6.07, 6.45) is 2.22. The second kappa shape index (κ2) is 5.11. The summed E-state index contributed by atoms with van der Waals surface area (Å²) in [6, 6.07) is 12.2. The fourth-order valence-electron chi connectivity index (χ4n) is 2.67. The van der Waals surface area contributed by atoms with Crippen molar-refractivity contribution in [2.24, 2.45) is 0 Å². The van der Waals surface area contributed by atoms with E-state index in [2.05, 4.69) is 28.5 Å². The van der Waals surface area contributed by atoms with Gasteiger partial charge in [0, 0.05) is 17.5 Å². The van der Waals surface area contributed by atoms with E-state index in [4.69, 9.17) is 0 Å². The van der Waals surface area contributed by atoms with Crippen LogP contribution in [-0.2, 0) is 6.42 Å². The van der Waals surface area contributed by atoms with Gasteiger partial charge in [-0.05, 0) is 37.1 Å². The number of fused-ring (bicyclic) bond motifs is 1. The zero-order valence-electron chi connectivity index (χ0n) is 11.0. The Labute approximate surface area is 113 Å². The lowest BCUT2D eigenvalue weighted by molar-refractivity contribution is 0.125. The molecule has 3 rings (SSSR count). The van der Waals surface area contributed by atoms with Crippen molar-refractivity contribution in [3.05, 3.63) is 65.0 Å². The molecule has 1 aromatic heterocycles. The first-order chi connectivity index (χ1) is 9.25. The summed E-state index contributed by atoms with van der Waals surface area (Å²) in [6.45, 7) is 2.85. The van der Waals surface area contributed by atoms with Crippen molar-refractivity contribution in [2.45, 2.75) is 25.5 Å². The molecule has 0 saturated carbocycles. The van der Waals surface area contributed by atoms with E-state index in [0.29, 0.717) is 0 Å². The summed E-state index contributed by atoms with van der Waals surface area (Å²) in [5, 5.41) is 14.0. The van der Waals surface area contributed by atoms with Crippen molar-refractivity contribution in [1.29, 1.82) is 0 Å². The van der Waals surface area contributed by atoms with Crippen LogP contribution < -0.4 is 5.32 Å². The molecule has 2 atom stereocenters. The van der Waals surface area contributed by atoms with Gasteiger partial charge in [0.25, 0.3) is 0 Å². The van der Waals surface area contributed by atoms with Crippen molar-refractivity contribution in [3.63, 3.8) is 0 Å². The highest BCUT2D eigenvalue weighted by molar-refractivity contribution is 5.34. The number of hydrogen-bond donors (Lipinski definition) is 2. The number of nitrogens with one attached hydrogen (secondary N) is 1. The standard InChI is InChI=1S/C16H18N2O/c1-11-6-7-13(10-18-11)16(19)15-14-5-3-2-4-12(14)8-9-17-15/h2-7,10,15-17,19H,8-9H2,1H3. The molecule has 2 unspecified atom stereocenters. The smallest absolute Gasteiger partial charge is 0.0999 e. The van der Waals surface area contributed by atoms with Crippen molar-refractivity contribution >= 4 is 0 Å². The van der Waals surface area contributed by atoms with Crippen LogP contribution in [0.4, 0.5) is 0 Å². The number of nitrogens with zero attached hydrogens (tertiary/aromatic N) is 1. The topological polar surface area (TPSA) is 45.1 Å². The molecule has 0 bridgehead atoms. The van der Waals surface area contributed by atoms with E-state index in [0.717, 1.165) is 24.2 Å². The molecule has 0 fully saturated rings. The first kappa shape index (κ1) is 12.3. The van der Waals surface area contributed by atoms with Gasteiger partial charge in [0.2, 0.25) is 0 Å². The van der Waals surface area contributed by atoms with Gasteiger partial charge in [-0.3, -0.25) is 4.98 Å². The quantitative estimate of drug-likeness (QED) is 0.864. The maximum atomic E-state index is 10.6. The molecule has 1 aliphatic rings. The third-order valence-electron chi connectivity index (χ3n) is 3.74. The fraction of sp³-hybridized carbons (Fsp3) is 0.312. The summed E-state index contributed by atoms with van der Waals surface area (Å²) < 4.78 is 0. The van der Waals surface area contributed by atoms with E-state index < -0.39 is 6.10 Å². The molecule has 0 radical (unpaired) electrons. The Hall–Kier alpha value is -1.71. The highest BCUT2D eigenvalue weighted by atomic mass is 16.3. The summed E-state index contributed by atoms with van der Waals surface area (Å²) in [4.78, 5) is 4.26. The predicted octanol–water partition coefficient (Wildman–Crippen LogP) is 2.31. The molecular formula is C16H18N2O. The van der Waals surface area contributed by atoms with Crippen LogP contribution in [0, 0.1) is 6.92 Å². The van der Waals surface area contributed by atoms with Crippen LogP contribution >= 0.6 is 0 Å². The van der Waals surface area contributed by atoms with Gasteiger partial charge in [-0.2, -0.15) is 0 Å². The predicted molar refractivity (Wildman–Crippen MR) is 74.8 cm³/mol. The largest absolute Gasteiger partial charge is 0.386 e. The molecule has 0 aliphatic carbocycles. The molecule has 2 heterocycles. The van der Waals surface area contributed by atoms with E-state index in [1.807, 2.05) is 25.1 Å². The Kier molecular flexibility index (Phi) is 3.32. The highest BCUT2D eigenvalue weighted by Crippen LogP contribution is 2.32. The number of pyridine rings is 1. The fourth-order valence-corrected chi connectivity index (χ4v) is 2.67. The highest BCUT2D eigenvalue weighted by Gasteiger charge is 2.27. The lowest BCUT2D eigenvalue weighted by Crippen LogP contribution is -2.33. The van der Waals surface area contributed by atoms with Gasteiger partial charge in [-0.1, -0.05) is 30.3 Å². The van der Waals surface area contributed by atoms with Crippen molar-refractivity contribution in [3.8, 4) is 0 Å². The SMILES string of the molecule is Cc1ccc(C(O)C2NCCc3ccccc32)cn1. The Balaban J connectivity index is 1.92. The van der Waals surface area contributed by atoms with Gasteiger partial charge < -0.3 is 10.4 Å². The monoisotopic (exact) mass is 254 g/mol. The number of benzene rings is 1. The van der Waals surface area contributed by atoms with Crippen LogP contribution in [0.5, 0.6) is 0 Å². The molecule has 1 aliphatic heterocycles. The summed E-state index contributed by atoms with van der Waals surface area (Å²) in [5.41, 5.74) is 4.35. The average molecular weight is 254 g/mol. The molecule has 0 saturated heterocycles. The minimum atomic E-state index is -0.561. The minimum Gasteiger partial charge on any atom is -0.386 e. The maximum absolute atomic E-state index is 10.6. The second-order valence-corrected chi connectivity index (χ2v) is 5.06. The van der Waals surface area contributed by atoms with Gasteiger partial charge in [-0.25, -0.2) is 0 Å². The summed E-state index contributed by atoms with van der Waals surface area (Å²) >= 11 is 0. The normalized spacial score (nSPS) is 19.8. The van der Waals surface area contributed by atoms with Crippen LogP contribution in [0.15, 0.2) is 42.6 Å². The average Bonchev–Trinajstić information content (AvgIpc) is 2.47. The Morgan fingerprint density at radius 1 is 1.26 bits per heavy atom. The molecule has 98 valence electrons. The Morgan fingerprint density at radius 2 is 2.11 bits per heavy atom. The third-order valence-corrected chi connectivity index (χ3v) is 3.74. The van der Waals surface area contributed by atoms with Gasteiger partial charge >= 0.3 is 0 Å². The van der Waals surface area contributed by atoms with E-state index in [1.54, 1.807) is 6.20 Å². The number of aryl methyl sites for hydroxylation is 1. The maximum Gasteiger partial charge on any atom is 0.0999 e. The molecule has 19 heavy (non-hydrogen) atoms. The van der Waals surface area contributed by atoms with Gasteiger partial charge in [-0.15, -0.1) is 0 Å². The number of aromatic nitrogens is 1. The van der Waals surface area contributed by atoms with Crippen LogP contribution in [-0.4, -0.2) is 16.6 Å². The van der Waals surface area contributed by atoms with Crippen LogP contribution in [0.1, 0.15) is 34.5 Å². The number of aliphatic hydroxyl groups is 1. The first-order valence-corrected chi connectivity index (χ1v) is 6.67. The van der Waals surface area contributed by atoms with E-state index >= 15 is 0 Å². The van der Waals surface area contributed by atoms with Crippen LogP contribution in [0.2, 0.25) is 0 Å². The lowest BCUT2D eigenvalue weighted by atomic mass is 9.89. The molecule has 3 heteroatoms. The first-order valence-electron chi connectivity index (χ1n) is 6.67. The number of hydrogen-bond acceptors (Lipinski definition) is 3. The zero-order valence-corrected chi connectivity index (χ0v) is 11.0. The Morgan fingerprint density at radius 3 is 2.89 bits per heavy atom. The minimum absolute atomic E-state index is 0.0468. The molecule has 2 N–H and O–H groups in total. The molecule has 3 nitrogen and oxygen atoms in total. The van der Waals surface area contributed by atoms with E-state index in [-0.39, 0.29) is 6.04 Å². The second-order valence-electron chi connectivity index (χ2n) is 5.06. The molecule has 0 amide bonds. The van der Waals surface area contributed by atoms with Crippen LogP contribution in [0.3, 0.4) is 0 Å². The zero-order chi connectivity index (χ0) is 13.2. The van der Waals surface area contributed by atoms with Gasteiger partial charge in [0.1, 0.15) is 0 Å². The summed E-state index contributed by atoms with van der Waals surface area (Å²) in [5.74, 6) is 0. The van der Waals surface area contributed by atoms with Gasteiger partial charge in [0.05, 0.1) is 12.1 Å². The van der Waals surface area contributed by atoms with Crippen molar-refractivity contribution in [1.82, 2.24) is 10.3 Å². The molecular weight excluding hydrogens is 236 g/mol. The van der Waals surface area contributed by atoms with Crippen molar-refractivity contribution < 1.29 is 5.11 Å². The Bertz CT molecular complexity index is 565. The van der Waals surface area contributed by atoms with Crippen LogP contribution in [0.25, 0.3) is 0 Å². The molecule has 2 aromatic rings. The lowest BCUT2D eigenvalue weighted by Gasteiger charge is -2.30. The third kappa shape index (κ3) is 2.39. The molecule has 1 aromatic carbocycles. The molecule has 0 spiro atoms. The van der Waals surface area contributed by atoms with E-state index in [9.17, 15) is 5.11 Å². The summed E-state index contributed by atoms with van der Waals surface area (Å²) in [7, 11) is 0. The van der Waals surface area contributed by atoms with Crippen molar-refractivity contribution in [2.75, 3.05) is 6.54 Å². The number of aliphatic hydroxyl groups excluding tert-OH is 1.